The summed E-state index contributed by atoms with van der Waals surface area (Å²) >= 11 is 0. The minimum atomic E-state index is -0.785. The number of hydrogen-bond donors (Lipinski definition) is 1. The molecule has 1 N–H and O–H groups in total. The first-order chi connectivity index (χ1) is 30.6. The summed E-state index contributed by atoms with van der Waals surface area (Å²) in [6.07, 6.45) is 74.6. The standard InChI is InChI=1S/C57H94O5/c1-3-5-7-9-11-13-15-17-19-21-23-25-26-27-28-29-30-32-34-36-38-40-42-44-46-48-50-52-57(60)62-55(53-58)54-61-56(59)51-49-47-45-43-41-39-37-35-33-31-24-22-20-18-16-14-12-10-8-6-4-2/h5-8,11-14,17-20,23-25,27-28,31,55,58H,3-4,9-10,15-16,21-22,26,29-30,32-54H2,1-2H3/b7-5-,8-6-,13-11-,14-12-,19-17-,20-18-,25-23-,28-27-,31-24-. The molecule has 0 bridgehead atoms. The number of unbranched alkanes of at least 4 members (excludes halogenated alkanes) is 19. The van der Waals surface area contributed by atoms with Crippen LogP contribution in [0, 0.1) is 0 Å². The van der Waals surface area contributed by atoms with E-state index in [1.54, 1.807) is 0 Å². The van der Waals surface area contributed by atoms with Crippen LogP contribution in [-0.2, 0) is 19.1 Å². The molecule has 0 aromatic heterocycles. The molecule has 0 fully saturated rings. The molecule has 5 nitrogen and oxygen atoms in total. The summed E-state index contributed by atoms with van der Waals surface area (Å²) in [6, 6.07) is 0. The molecule has 62 heavy (non-hydrogen) atoms. The van der Waals surface area contributed by atoms with Gasteiger partial charge in [0.15, 0.2) is 6.10 Å². The Morgan fingerprint density at radius 1 is 0.371 bits per heavy atom. The van der Waals surface area contributed by atoms with Gasteiger partial charge in [0, 0.05) is 12.8 Å². The van der Waals surface area contributed by atoms with Crippen LogP contribution in [0.5, 0.6) is 0 Å². The lowest BCUT2D eigenvalue weighted by Gasteiger charge is -2.15. The van der Waals surface area contributed by atoms with E-state index < -0.39 is 6.10 Å². The maximum absolute atomic E-state index is 12.3. The normalized spacial score (nSPS) is 13.1. The van der Waals surface area contributed by atoms with Crippen molar-refractivity contribution in [2.24, 2.45) is 0 Å². The lowest BCUT2D eigenvalue weighted by Crippen LogP contribution is -2.28. The van der Waals surface area contributed by atoms with Crippen molar-refractivity contribution in [2.75, 3.05) is 13.2 Å². The predicted octanol–water partition coefficient (Wildman–Crippen LogP) is 17.0. The first-order valence-corrected chi connectivity index (χ1v) is 25.4. The monoisotopic (exact) mass is 859 g/mol. The molecular weight excluding hydrogens is 765 g/mol. The fourth-order valence-electron chi connectivity index (χ4n) is 6.81. The molecule has 0 aliphatic heterocycles. The lowest BCUT2D eigenvalue weighted by molar-refractivity contribution is -0.161. The van der Waals surface area contributed by atoms with Crippen LogP contribution in [0.25, 0.3) is 0 Å². The van der Waals surface area contributed by atoms with Crippen LogP contribution in [0.1, 0.15) is 219 Å². The average Bonchev–Trinajstić information content (AvgIpc) is 3.28. The van der Waals surface area contributed by atoms with E-state index in [1.807, 2.05) is 0 Å². The first-order valence-electron chi connectivity index (χ1n) is 25.4. The van der Waals surface area contributed by atoms with Gasteiger partial charge in [0.25, 0.3) is 0 Å². The van der Waals surface area contributed by atoms with E-state index in [0.29, 0.717) is 12.8 Å². The van der Waals surface area contributed by atoms with Crippen LogP contribution in [0.15, 0.2) is 109 Å². The Labute approximate surface area is 382 Å². The predicted molar refractivity (Wildman–Crippen MR) is 269 cm³/mol. The van der Waals surface area contributed by atoms with Crippen molar-refractivity contribution in [3.8, 4) is 0 Å². The number of allylic oxidation sites excluding steroid dienone is 18. The van der Waals surface area contributed by atoms with Gasteiger partial charge < -0.3 is 14.6 Å². The van der Waals surface area contributed by atoms with Gasteiger partial charge in [0.2, 0.25) is 0 Å². The molecule has 0 heterocycles. The smallest absolute Gasteiger partial charge is 0.306 e. The molecule has 0 aliphatic carbocycles. The Morgan fingerprint density at radius 2 is 0.645 bits per heavy atom. The molecule has 0 saturated carbocycles. The van der Waals surface area contributed by atoms with Gasteiger partial charge in [-0.1, -0.05) is 220 Å². The van der Waals surface area contributed by atoms with Crippen molar-refractivity contribution in [1.29, 1.82) is 0 Å². The third-order valence-corrected chi connectivity index (χ3v) is 10.6. The Hall–Kier alpha value is -3.44. The number of aliphatic hydroxyl groups is 1. The first kappa shape index (κ1) is 58.6. The van der Waals surface area contributed by atoms with E-state index in [2.05, 4.69) is 123 Å². The van der Waals surface area contributed by atoms with Gasteiger partial charge in [0.05, 0.1) is 6.61 Å². The average molecular weight is 859 g/mol. The number of rotatable bonds is 45. The molecule has 0 amide bonds. The summed E-state index contributed by atoms with van der Waals surface area (Å²) in [6.45, 7) is 3.91. The quantitative estimate of drug-likeness (QED) is 0.0375. The van der Waals surface area contributed by atoms with E-state index in [1.165, 1.54) is 89.9 Å². The number of aliphatic hydroxyl groups excluding tert-OH is 1. The number of carbonyl (C=O) groups excluding carboxylic acids is 2. The van der Waals surface area contributed by atoms with E-state index >= 15 is 0 Å². The molecule has 0 rings (SSSR count). The molecule has 352 valence electrons. The van der Waals surface area contributed by atoms with Crippen molar-refractivity contribution in [2.45, 2.75) is 225 Å². The zero-order chi connectivity index (χ0) is 44.9. The number of esters is 2. The van der Waals surface area contributed by atoms with Gasteiger partial charge in [-0.25, -0.2) is 0 Å². The molecule has 0 aliphatic rings. The lowest BCUT2D eigenvalue weighted by atomic mass is 10.0. The summed E-state index contributed by atoms with van der Waals surface area (Å²) in [7, 11) is 0. The Balaban J connectivity index is 3.56. The molecule has 0 aromatic carbocycles. The molecule has 0 spiro atoms. The van der Waals surface area contributed by atoms with E-state index in [0.717, 1.165) is 103 Å². The van der Waals surface area contributed by atoms with Crippen LogP contribution in [0.3, 0.4) is 0 Å². The SMILES string of the molecule is CC/C=C\C/C=C\C/C=C\C/C=C\C/C=C\CCCCCCCCCCCCCC(=O)OC(CO)COC(=O)CCCCCCCCCC/C=C\C/C=C\C/C=C\C/C=C\CC. The van der Waals surface area contributed by atoms with Crippen LogP contribution in [0.2, 0.25) is 0 Å². The second-order valence-electron chi connectivity index (χ2n) is 16.5. The minimum Gasteiger partial charge on any atom is -0.462 e. The maximum Gasteiger partial charge on any atom is 0.306 e. The van der Waals surface area contributed by atoms with Crippen LogP contribution >= 0.6 is 0 Å². The van der Waals surface area contributed by atoms with Gasteiger partial charge in [-0.2, -0.15) is 0 Å². The van der Waals surface area contributed by atoms with Crippen molar-refractivity contribution in [3.63, 3.8) is 0 Å². The van der Waals surface area contributed by atoms with Crippen molar-refractivity contribution in [3.05, 3.63) is 109 Å². The second kappa shape index (κ2) is 51.9. The van der Waals surface area contributed by atoms with Crippen LogP contribution in [0.4, 0.5) is 0 Å². The van der Waals surface area contributed by atoms with Crippen LogP contribution in [-0.4, -0.2) is 36.4 Å². The van der Waals surface area contributed by atoms with Gasteiger partial charge >= 0.3 is 11.9 Å². The summed E-state index contributed by atoms with van der Waals surface area (Å²) in [5, 5.41) is 9.63. The molecule has 0 aromatic rings. The zero-order valence-electron chi connectivity index (χ0n) is 40.1. The Bertz CT molecular complexity index is 1250. The van der Waals surface area contributed by atoms with Crippen molar-refractivity contribution >= 4 is 11.9 Å². The highest BCUT2D eigenvalue weighted by molar-refractivity contribution is 5.70. The summed E-state index contributed by atoms with van der Waals surface area (Å²) in [5.41, 5.74) is 0. The molecular formula is C57H94O5. The van der Waals surface area contributed by atoms with Crippen molar-refractivity contribution in [1.82, 2.24) is 0 Å². The van der Waals surface area contributed by atoms with Crippen LogP contribution < -0.4 is 0 Å². The fourth-order valence-corrected chi connectivity index (χ4v) is 6.81. The minimum absolute atomic E-state index is 0.0771. The summed E-state index contributed by atoms with van der Waals surface area (Å²) < 4.78 is 10.7. The van der Waals surface area contributed by atoms with E-state index in [-0.39, 0.29) is 25.2 Å². The molecule has 5 heteroatoms. The number of carbonyl (C=O) groups is 2. The van der Waals surface area contributed by atoms with E-state index in [4.69, 9.17) is 9.47 Å². The molecule has 1 atom stereocenters. The molecule has 0 saturated heterocycles. The van der Waals surface area contributed by atoms with Gasteiger partial charge in [-0.3, -0.25) is 9.59 Å². The largest absolute Gasteiger partial charge is 0.462 e. The highest BCUT2D eigenvalue weighted by Gasteiger charge is 2.16. The highest BCUT2D eigenvalue weighted by atomic mass is 16.6. The van der Waals surface area contributed by atoms with Gasteiger partial charge in [0.1, 0.15) is 6.61 Å². The number of hydrogen-bond acceptors (Lipinski definition) is 5. The third-order valence-electron chi connectivity index (χ3n) is 10.6. The Kier molecular flexibility index (Phi) is 49.0. The Morgan fingerprint density at radius 3 is 0.968 bits per heavy atom. The second-order valence-corrected chi connectivity index (χ2v) is 16.5. The number of ether oxygens (including phenoxy) is 2. The van der Waals surface area contributed by atoms with E-state index in [9.17, 15) is 14.7 Å². The maximum atomic E-state index is 12.3. The summed E-state index contributed by atoms with van der Waals surface area (Å²) in [5.74, 6) is -0.608. The fraction of sp³-hybridized carbons (Fsp3) is 0.649. The zero-order valence-corrected chi connectivity index (χ0v) is 40.1. The summed E-state index contributed by atoms with van der Waals surface area (Å²) in [4.78, 5) is 24.5. The van der Waals surface area contributed by atoms with Gasteiger partial charge in [-0.15, -0.1) is 0 Å². The molecule has 1 unspecified atom stereocenters. The molecule has 0 radical (unpaired) electrons. The topological polar surface area (TPSA) is 72.8 Å². The van der Waals surface area contributed by atoms with Gasteiger partial charge in [-0.05, 0) is 96.3 Å². The third kappa shape index (κ3) is 49.2. The highest BCUT2D eigenvalue weighted by Crippen LogP contribution is 2.14. The van der Waals surface area contributed by atoms with Crippen molar-refractivity contribution < 1.29 is 24.2 Å².